The summed E-state index contributed by atoms with van der Waals surface area (Å²) in [7, 11) is -3.77. The zero-order chi connectivity index (χ0) is 20.8. The Kier molecular flexibility index (Phi) is 4.69. The van der Waals surface area contributed by atoms with Crippen molar-refractivity contribution in [3.8, 4) is 0 Å². The average molecular weight is 413 g/mol. The standard InChI is InChI=1S/C21H24N4O3S/c1-14-6-8-15(9-7-14)29(27,28)25-12-10-17-19(25)23-13-18(24-17)16-5-3-4-11-21(16,2)20(22)26/h6-10,12-13,16H,3-5,11H2,1-2H3,(H2,22,26). The molecule has 2 aromatic heterocycles. The van der Waals surface area contributed by atoms with Crippen molar-refractivity contribution in [1.82, 2.24) is 13.9 Å². The molecule has 1 amide bonds. The van der Waals surface area contributed by atoms with Crippen LogP contribution in [0.4, 0.5) is 0 Å². The number of carbonyl (C=O) groups is 1. The molecule has 1 aliphatic carbocycles. The number of primary amides is 1. The minimum Gasteiger partial charge on any atom is -0.369 e. The SMILES string of the molecule is Cc1ccc(S(=O)(=O)n2ccc3nc(C4CCCCC4(C)C(N)=O)cnc32)cc1. The first-order valence-electron chi connectivity index (χ1n) is 9.69. The summed E-state index contributed by atoms with van der Waals surface area (Å²) in [6.45, 7) is 3.79. The van der Waals surface area contributed by atoms with E-state index in [1.54, 1.807) is 36.5 Å². The van der Waals surface area contributed by atoms with Gasteiger partial charge in [-0.1, -0.05) is 37.5 Å². The highest BCUT2D eigenvalue weighted by molar-refractivity contribution is 7.90. The first-order chi connectivity index (χ1) is 13.7. The molecule has 0 bridgehead atoms. The van der Waals surface area contributed by atoms with Crippen LogP contribution < -0.4 is 5.73 Å². The molecule has 2 heterocycles. The van der Waals surface area contributed by atoms with Crippen molar-refractivity contribution in [3.05, 3.63) is 54.0 Å². The van der Waals surface area contributed by atoms with Crippen LogP contribution in [0.5, 0.6) is 0 Å². The normalized spacial score (nSPS) is 22.6. The zero-order valence-electron chi connectivity index (χ0n) is 16.5. The first kappa shape index (κ1) is 19.6. The number of benzene rings is 1. The van der Waals surface area contributed by atoms with Gasteiger partial charge in [0.25, 0.3) is 10.0 Å². The monoisotopic (exact) mass is 412 g/mol. The van der Waals surface area contributed by atoms with E-state index < -0.39 is 15.4 Å². The predicted octanol–water partition coefficient (Wildman–Crippen LogP) is 3.13. The first-order valence-corrected chi connectivity index (χ1v) is 11.1. The highest BCUT2D eigenvalue weighted by Gasteiger charge is 2.43. The molecule has 8 heteroatoms. The molecule has 4 rings (SSSR count). The van der Waals surface area contributed by atoms with Gasteiger partial charge in [-0.3, -0.25) is 4.79 Å². The fourth-order valence-corrected chi connectivity index (χ4v) is 5.49. The lowest BCUT2D eigenvalue weighted by Crippen LogP contribution is -2.42. The predicted molar refractivity (Wildman–Crippen MR) is 110 cm³/mol. The molecule has 2 N–H and O–H groups in total. The van der Waals surface area contributed by atoms with Crippen LogP contribution in [0, 0.1) is 12.3 Å². The summed E-state index contributed by atoms with van der Waals surface area (Å²) in [6.07, 6.45) is 6.53. The van der Waals surface area contributed by atoms with E-state index in [9.17, 15) is 13.2 Å². The Morgan fingerprint density at radius 2 is 1.93 bits per heavy atom. The van der Waals surface area contributed by atoms with Gasteiger partial charge in [-0.05, 0) is 38.0 Å². The van der Waals surface area contributed by atoms with Gasteiger partial charge < -0.3 is 5.73 Å². The van der Waals surface area contributed by atoms with Crippen LogP contribution in [0.3, 0.4) is 0 Å². The molecule has 2 unspecified atom stereocenters. The molecular formula is C21H24N4O3S. The summed E-state index contributed by atoms with van der Waals surface area (Å²) < 4.78 is 27.2. The fraction of sp³-hybridized carbons (Fsp3) is 0.381. The molecular weight excluding hydrogens is 388 g/mol. The molecule has 2 atom stereocenters. The highest BCUT2D eigenvalue weighted by atomic mass is 32.2. The van der Waals surface area contributed by atoms with E-state index >= 15 is 0 Å². The van der Waals surface area contributed by atoms with Gasteiger partial charge in [0.05, 0.1) is 22.2 Å². The van der Waals surface area contributed by atoms with Crippen LogP contribution in [0.25, 0.3) is 11.2 Å². The topological polar surface area (TPSA) is 108 Å². The highest BCUT2D eigenvalue weighted by Crippen LogP contribution is 2.46. The van der Waals surface area contributed by atoms with E-state index in [4.69, 9.17) is 5.73 Å². The number of hydrogen-bond acceptors (Lipinski definition) is 5. The third-order valence-electron chi connectivity index (χ3n) is 6.08. The van der Waals surface area contributed by atoms with Crippen LogP contribution in [0.15, 0.2) is 47.6 Å². The molecule has 0 aliphatic heterocycles. The van der Waals surface area contributed by atoms with Gasteiger partial charge in [0, 0.05) is 12.1 Å². The molecule has 1 aliphatic rings. The van der Waals surface area contributed by atoms with Crippen molar-refractivity contribution < 1.29 is 13.2 Å². The fourth-order valence-electron chi connectivity index (χ4n) is 4.19. The summed E-state index contributed by atoms with van der Waals surface area (Å²) in [5.41, 5.74) is 7.46. The van der Waals surface area contributed by atoms with E-state index in [1.165, 1.54) is 6.20 Å². The van der Waals surface area contributed by atoms with Crippen molar-refractivity contribution in [1.29, 1.82) is 0 Å². The smallest absolute Gasteiger partial charge is 0.269 e. The molecule has 3 aromatic rings. The van der Waals surface area contributed by atoms with E-state index in [0.717, 1.165) is 35.2 Å². The lowest BCUT2D eigenvalue weighted by Gasteiger charge is -2.38. The molecule has 1 saturated carbocycles. The number of aryl methyl sites for hydroxylation is 1. The minimum atomic E-state index is -3.77. The Bertz CT molecular complexity index is 1180. The number of nitrogens with two attached hydrogens (primary N) is 1. The van der Waals surface area contributed by atoms with Crippen LogP contribution in [-0.2, 0) is 14.8 Å². The third-order valence-corrected chi connectivity index (χ3v) is 7.76. The number of fused-ring (bicyclic) bond motifs is 1. The van der Waals surface area contributed by atoms with Gasteiger partial charge in [-0.25, -0.2) is 22.4 Å². The molecule has 0 radical (unpaired) electrons. The number of carbonyl (C=O) groups excluding carboxylic acids is 1. The lowest BCUT2D eigenvalue weighted by atomic mass is 9.66. The molecule has 0 saturated heterocycles. The van der Waals surface area contributed by atoms with Gasteiger partial charge in [-0.2, -0.15) is 0 Å². The minimum absolute atomic E-state index is 0.122. The molecule has 1 fully saturated rings. The Labute approximate surface area is 170 Å². The van der Waals surface area contributed by atoms with Crippen molar-refractivity contribution in [3.63, 3.8) is 0 Å². The van der Waals surface area contributed by atoms with Crippen LogP contribution in [0.2, 0.25) is 0 Å². The van der Waals surface area contributed by atoms with Crippen molar-refractivity contribution in [2.75, 3.05) is 0 Å². The quantitative estimate of drug-likeness (QED) is 0.708. The summed E-state index contributed by atoms with van der Waals surface area (Å²) in [5.74, 6) is -0.452. The number of hydrogen-bond donors (Lipinski definition) is 1. The Morgan fingerprint density at radius 1 is 1.21 bits per heavy atom. The molecule has 1 aromatic carbocycles. The van der Waals surface area contributed by atoms with Gasteiger partial charge in [0.2, 0.25) is 5.91 Å². The number of aromatic nitrogens is 3. The van der Waals surface area contributed by atoms with Gasteiger partial charge in [0.15, 0.2) is 5.65 Å². The largest absolute Gasteiger partial charge is 0.369 e. The van der Waals surface area contributed by atoms with E-state index in [1.807, 2.05) is 13.8 Å². The van der Waals surface area contributed by atoms with Gasteiger partial charge in [0.1, 0.15) is 5.52 Å². The van der Waals surface area contributed by atoms with Crippen LogP contribution in [0.1, 0.15) is 49.8 Å². The number of amides is 1. The Morgan fingerprint density at radius 3 is 2.62 bits per heavy atom. The zero-order valence-corrected chi connectivity index (χ0v) is 17.3. The van der Waals surface area contributed by atoms with E-state index in [-0.39, 0.29) is 22.4 Å². The Hall–Kier alpha value is -2.74. The van der Waals surface area contributed by atoms with Crippen LogP contribution >= 0.6 is 0 Å². The second kappa shape index (κ2) is 6.95. The third kappa shape index (κ3) is 3.21. The number of rotatable bonds is 4. The average Bonchev–Trinajstić information content (AvgIpc) is 3.12. The Balaban J connectivity index is 1.77. The maximum absolute atomic E-state index is 13.0. The number of nitrogens with zero attached hydrogens (tertiary/aromatic N) is 3. The molecule has 7 nitrogen and oxygen atoms in total. The summed E-state index contributed by atoms with van der Waals surface area (Å²) >= 11 is 0. The molecule has 29 heavy (non-hydrogen) atoms. The lowest BCUT2D eigenvalue weighted by molar-refractivity contribution is -0.129. The van der Waals surface area contributed by atoms with Crippen LogP contribution in [-0.4, -0.2) is 28.3 Å². The maximum Gasteiger partial charge on any atom is 0.269 e. The van der Waals surface area contributed by atoms with Crippen molar-refractivity contribution >= 4 is 27.1 Å². The molecule has 152 valence electrons. The van der Waals surface area contributed by atoms with Gasteiger partial charge >= 0.3 is 0 Å². The van der Waals surface area contributed by atoms with Crippen molar-refractivity contribution in [2.45, 2.75) is 50.3 Å². The summed E-state index contributed by atoms with van der Waals surface area (Å²) in [4.78, 5) is 21.4. The second-order valence-electron chi connectivity index (χ2n) is 8.01. The maximum atomic E-state index is 13.0. The van der Waals surface area contributed by atoms with Gasteiger partial charge in [-0.15, -0.1) is 0 Å². The summed E-state index contributed by atoms with van der Waals surface area (Å²) in [5, 5.41) is 0. The second-order valence-corrected chi connectivity index (χ2v) is 9.83. The van der Waals surface area contributed by atoms with E-state index in [2.05, 4.69) is 9.97 Å². The molecule has 0 spiro atoms. The van der Waals surface area contributed by atoms with E-state index in [0.29, 0.717) is 11.2 Å². The summed E-state index contributed by atoms with van der Waals surface area (Å²) in [6, 6.07) is 8.32. The van der Waals surface area contributed by atoms with Crippen molar-refractivity contribution in [2.24, 2.45) is 11.1 Å².